The molecule has 28 heavy (non-hydrogen) atoms. The van der Waals surface area contributed by atoms with E-state index in [1.54, 1.807) is 24.3 Å². The van der Waals surface area contributed by atoms with Crippen LogP contribution in [0.3, 0.4) is 0 Å². The van der Waals surface area contributed by atoms with Crippen molar-refractivity contribution in [3.8, 4) is 22.9 Å². The summed E-state index contributed by atoms with van der Waals surface area (Å²) < 4.78 is 6.26. The lowest BCUT2D eigenvalue weighted by atomic mass is 10.1. The maximum atomic E-state index is 12.6. The molecule has 2 aromatic heterocycles. The molecule has 10 nitrogen and oxygen atoms in total. The number of rotatable bonds is 5. The van der Waals surface area contributed by atoms with Crippen molar-refractivity contribution in [2.24, 2.45) is 7.05 Å². The fourth-order valence-electron chi connectivity index (χ4n) is 2.65. The number of pyridine rings is 1. The number of amides is 1. The number of carbonyl (C=O) groups is 2. The Kier molecular flexibility index (Phi) is 4.94. The molecule has 0 saturated carbocycles. The van der Waals surface area contributed by atoms with Crippen LogP contribution in [0.4, 0.5) is 0 Å². The lowest BCUT2D eigenvalue weighted by Crippen LogP contribution is -2.35. The van der Waals surface area contributed by atoms with Gasteiger partial charge in [0.1, 0.15) is 29.3 Å². The van der Waals surface area contributed by atoms with Gasteiger partial charge in [0, 0.05) is 18.8 Å². The van der Waals surface area contributed by atoms with Gasteiger partial charge in [0.15, 0.2) is 5.82 Å². The second-order valence-corrected chi connectivity index (χ2v) is 5.83. The molecular formula is C18H16N4O6. The largest absolute Gasteiger partial charge is 0.506 e. The van der Waals surface area contributed by atoms with Crippen molar-refractivity contribution in [3.63, 3.8) is 0 Å². The van der Waals surface area contributed by atoms with Crippen LogP contribution in [0.15, 0.2) is 35.3 Å². The van der Waals surface area contributed by atoms with Gasteiger partial charge in [-0.25, -0.2) is 9.97 Å². The van der Waals surface area contributed by atoms with Crippen molar-refractivity contribution in [1.82, 2.24) is 19.9 Å². The van der Waals surface area contributed by atoms with Gasteiger partial charge in [-0.2, -0.15) is 0 Å². The van der Waals surface area contributed by atoms with Crippen LogP contribution in [-0.4, -0.2) is 50.3 Å². The number of nitrogens with zero attached hydrogens (tertiary/aromatic N) is 3. The van der Waals surface area contributed by atoms with Gasteiger partial charge in [-0.05, 0) is 12.1 Å². The van der Waals surface area contributed by atoms with Crippen LogP contribution in [0.2, 0.25) is 0 Å². The van der Waals surface area contributed by atoms with Crippen molar-refractivity contribution in [3.05, 3.63) is 46.4 Å². The van der Waals surface area contributed by atoms with E-state index in [9.17, 15) is 19.5 Å². The molecule has 0 bridgehead atoms. The smallest absolute Gasteiger partial charge is 0.322 e. The Morgan fingerprint density at radius 3 is 2.75 bits per heavy atom. The molecule has 0 spiro atoms. The first-order valence-electron chi connectivity index (χ1n) is 8.06. The average Bonchev–Trinajstić information content (AvgIpc) is 2.70. The summed E-state index contributed by atoms with van der Waals surface area (Å²) >= 11 is 0. The molecule has 1 amide bonds. The summed E-state index contributed by atoms with van der Waals surface area (Å²) in [4.78, 5) is 43.8. The Morgan fingerprint density at radius 2 is 2.07 bits per heavy atom. The maximum absolute atomic E-state index is 12.6. The second kappa shape index (κ2) is 7.35. The lowest BCUT2D eigenvalue weighted by molar-refractivity contribution is -0.135. The molecule has 0 aliphatic rings. The van der Waals surface area contributed by atoms with E-state index in [0.29, 0.717) is 17.1 Å². The lowest BCUT2D eigenvalue weighted by Gasteiger charge is -2.12. The third-order valence-corrected chi connectivity index (χ3v) is 4.05. The Bertz CT molecular complexity index is 1150. The van der Waals surface area contributed by atoms with E-state index in [-0.39, 0.29) is 11.0 Å². The number of nitrogens with one attached hydrogen (secondary N) is 1. The third kappa shape index (κ3) is 3.34. The van der Waals surface area contributed by atoms with Gasteiger partial charge in [0.05, 0.1) is 12.5 Å². The summed E-state index contributed by atoms with van der Waals surface area (Å²) in [6.07, 6.45) is 1.29. The number of hydrogen-bond acceptors (Lipinski definition) is 7. The summed E-state index contributed by atoms with van der Waals surface area (Å²) in [6, 6.07) is 6.99. The van der Waals surface area contributed by atoms with Gasteiger partial charge in [-0.1, -0.05) is 12.1 Å². The van der Waals surface area contributed by atoms with E-state index >= 15 is 0 Å². The predicted molar refractivity (Wildman–Crippen MR) is 98.4 cm³/mol. The van der Waals surface area contributed by atoms with Crippen LogP contribution in [0.5, 0.6) is 11.5 Å². The monoisotopic (exact) mass is 384 g/mol. The highest BCUT2D eigenvalue weighted by Gasteiger charge is 2.23. The third-order valence-electron chi connectivity index (χ3n) is 4.05. The fourth-order valence-corrected chi connectivity index (χ4v) is 2.65. The zero-order valence-electron chi connectivity index (χ0n) is 15.0. The molecule has 3 aromatic rings. The molecule has 0 fully saturated rings. The zero-order valence-corrected chi connectivity index (χ0v) is 15.0. The molecule has 0 atom stereocenters. The number of aromatic hydroxyl groups is 1. The van der Waals surface area contributed by atoms with Gasteiger partial charge in [-0.3, -0.25) is 19.0 Å². The van der Waals surface area contributed by atoms with Gasteiger partial charge < -0.3 is 20.3 Å². The first kappa shape index (κ1) is 18.8. The highest BCUT2D eigenvalue weighted by atomic mass is 16.5. The second-order valence-electron chi connectivity index (χ2n) is 5.83. The number of aryl methyl sites for hydroxylation is 1. The molecule has 0 aliphatic heterocycles. The molecule has 3 rings (SSSR count). The first-order valence-corrected chi connectivity index (χ1v) is 8.06. The normalized spacial score (nSPS) is 10.6. The molecule has 0 unspecified atom stereocenters. The number of carboxylic acids is 1. The molecule has 0 saturated heterocycles. The van der Waals surface area contributed by atoms with Crippen LogP contribution < -0.4 is 15.6 Å². The minimum atomic E-state index is -1.28. The Hall–Kier alpha value is -3.95. The Labute approximate surface area is 158 Å². The highest BCUT2D eigenvalue weighted by Crippen LogP contribution is 2.27. The van der Waals surface area contributed by atoms with Crippen molar-refractivity contribution >= 4 is 22.9 Å². The molecule has 1 aromatic carbocycles. The van der Waals surface area contributed by atoms with E-state index in [1.807, 2.05) is 0 Å². The SMILES string of the molecule is COc1cccc(-c2ncc3c(O)c(C(=O)NCC(=O)O)c(=O)n(C)c3n2)c1. The van der Waals surface area contributed by atoms with Crippen molar-refractivity contribution < 1.29 is 24.5 Å². The van der Waals surface area contributed by atoms with Crippen molar-refractivity contribution in [1.29, 1.82) is 0 Å². The number of aromatic nitrogens is 3. The standard InChI is InChI=1S/C18H16N4O6/c1-22-16-11(14(25)13(18(22)27)17(26)20-8-12(23)24)7-19-15(21-16)9-4-3-5-10(6-9)28-2/h3-7,25H,8H2,1-2H3,(H,20,26)(H,23,24). The van der Waals surface area contributed by atoms with E-state index in [0.717, 1.165) is 4.57 Å². The van der Waals surface area contributed by atoms with Crippen molar-refractivity contribution in [2.75, 3.05) is 13.7 Å². The fraction of sp³-hybridized carbons (Fsp3) is 0.167. The van der Waals surface area contributed by atoms with Crippen LogP contribution in [0.25, 0.3) is 22.4 Å². The highest BCUT2D eigenvalue weighted by molar-refractivity contribution is 6.02. The number of benzene rings is 1. The quantitative estimate of drug-likeness (QED) is 0.578. The van der Waals surface area contributed by atoms with E-state index in [2.05, 4.69) is 15.3 Å². The summed E-state index contributed by atoms with van der Waals surface area (Å²) in [6.45, 7) is -0.690. The maximum Gasteiger partial charge on any atom is 0.322 e. The van der Waals surface area contributed by atoms with Crippen LogP contribution in [0, 0.1) is 0 Å². The van der Waals surface area contributed by atoms with Crippen LogP contribution in [0.1, 0.15) is 10.4 Å². The molecule has 144 valence electrons. The molecule has 3 N–H and O–H groups in total. The number of hydrogen-bond donors (Lipinski definition) is 3. The number of fused-ring (bicyclic) bond motifs is 1. The summed E-state index contributed by atoms with van der Waals surface area (Å²) in [5.74, 6) is -2.00. The van der Waals surface area contributed by atoms with Crippen molar-refractivity contribution in [2.45, 2.75) is 0 Å². The first-order chi connectivity index (χ1) is 13.3. The number of ether oxygens (including phenoxy) is 1. The number of carboxylic acid groups (broad SMARTS) is 1. The Morgan fingerprint density at radius 1 is 1.32 bits per heavy atom. The van der Waals surface area contributed by atoms with Crippen LogP contribution >= 0.6 is 0 Å². The topological polar surface area (TPSA) is 144 Å². The van der Waals surface area contributed by atoms with Gasteiger partial charge in [0.25, 0.3) is 11.5 Å². The summed E-state index contributed by atoms with van der Waals surface area (Å²) in [7, 11) is 2.92. The molecular weight excluding hydrogens is 368 g/mol. The predicted octanol–water partition coefficient (Wildman–Crippen LogP) is 0.524. The molecule has 10 heteroatoms. The minimum Gasteiger partial charge on any atom is -0.506 e. The summed E-state index contributed by atoms with van der Waals surface area (Å²) in [5.41, 5.74) is -0.640. The number of methoxy groups -OCH3 is 1. The van der Waals surface area contributed by atoms with E-state index in [4.69, 9.17) is 9.84 Å². The van der Waals surface area contributed by atoms with Gasteiger partial charge >= 0.3 is 5.97 Å². The zero-order chi connectivity index (χ0) is 20.4. The molecule has 0 aliphatic carbocycles. The number of carbonyl (C=O) groups excluding carboxylic acids is 1. The van der Waals surface area contributed by atoms with E-state index < -0.39 is 35.3 Å². The number of aliphatic carboxylic acids is 1. The average molecular weight is 384 g/mol. The summed E-state index contributed by atoms with van der Waals surface area (Å²) in [5, 5.41) is 21.2. The molecule has 2 heterocycles. The van der Waals surface area contributed by atoms with E-state index in [1.165, 1.54) is 20.4 Å². The molecule has 0 radical (unpaired) electrons. The Balaban J connectivity index is 2.14. The minimum absolute atomic E-state index is 0.0780. The van der Waals surface area contributed by atoms with Gasteiger partial charge in [0.2, 0.25) is 0 Å². The van der Waals surface area contributed by atoms with Crippen LogP contribution in [-0.2, 0) is 11.8 Å². The van der Waals surface area contributed by atoms with Gasteiger partial charge in [-0.15, -0.1) is 0 Å².